The summed E-state index contributed by atoms with van der Waals surface area (Å²) in [6.07, 6.45) is 0.634. The van der Waals surface area contributed by atoms with Crippen molar-refractivity contribution in [3.63, 3.8) is 0 Å². The number of hydrogen-bond acceptors (Lipinski definition) is 4. The molecular weight excluding hydrogens is 233 g/mol. The fourth-order valence-electron chi connectivity index (χ4n) is 1.77. The lowest BCUT2D eigenvalue weighted by atomic mass is 10.2. The minimum absolute atomic E-state index is 0.254. The van der Waals surface area contributed by atoms with Crippen LogP contribution >= 0.6 is 0 Å². The average molecular weight is 249 g/mol. The number of benzene rings is 1. The Balaban J connectivity index is 2.13. The molecule has 18 heavy (non-hydrogen) atoms. The first-order chi connectivity index (χ1) is 8.70. The highest BCUT2D eigenvalue weighted by Crippen LogP contribution is 2.19. The van der Waals surface area contributed by atoms with Gasteiger partial charge in [0.2, 0.25) is 11.7 Å². The van der Waals surface area contributed by atoms with E-state index >= 15 is 0 Å². The summed E-state index contributed by atoms with van der Waals surface area (Å²) in [5, 5.41) is 7.06. The monoisotopic (exact) mass is 249 g/mol. The van der Waals surface area contributed by atoms with Crippen LogP contribution in [0.15, 0.2) is 28.8 Å². The molecule has 0 fully saturated rings. The second-order valence-corrected chi connectivity index (χ2v) is 4.15. The third kappa shape index (κ3) is 2.92. The maximum atomic E-state index is 13.5. The minimum Gasteiger partial charge on any atom is -0.339 e. The minimum atomic E-state index is -0.343. The predicted octanol–water partition coefficient (Wildman–Crippen LogP) is 2.42. The van der Waals surface area contributed by atoms with Crippen molar-refractivity contribution in [1.82, 2.24) is 15.5 Å². The number of aromatic nitrogens is 2. The lowest BCUT2D eigenvalue weighted by Gasteiger charge is -2.07. The molecule has 0 amide bonds. The summed E-state index contributed by atoms with van der Waals surface area (Å²) in [7, 11) is 0. The molecule has 0 aliphatic heterocycles. The standard InChI is InChI=1S/C13H16FN3O/c1-3-15-9(2)8-12-16-13(17-18-12)10-6-4-5-7-11(10)14/h4-7,9,15H,3,8H2,1-2H3. The van der Waals surface area contributed by atoms with Crippen LogP contribution in [-0.4, -0.2) is 22.7 Å². The highest BCUT2D eigenvalue weighted by molar-refractivity contribution is 5.54. The lowest BCUT2D eigenvalue weighted by molar-refractivity contribution is 0.363. The van der Waals surface area contributed by atoms with Gasteiger partial charge in [0.25, 0.3) is 0 Å². The summed E-state index contributed by atoms with van der Waals surface area (Å²) >= 11 is 0. The average Bonchev–Trinajstić information content (AvgIpc) is 2.78. The van der Waals surface area contributed by atoms with E-state index in [1.807, 2.05) is 13.8 Å². The molecule has 0 saturated carbocycles. The molecule has 1 heterocycles. The normalized spacial score (nSPS) is 12.6. The highest BCUT2D eigenvalue weighted by atomic mass is 19.1. The van der Waals surface area contributed by atoms with Crippen LogP contribution in [0, 0.1) is 5.82 Å². The van der Waals surface area contributed by atoms with Crippen molar-refractivity contribution in [1.29, 1.82) is 0 Å². The molecule has 5 heteroatoms. The molecule has 0 bridgehead atoms. The molecule has 1 aromatic heterocycles. The van der Waals surface area contributed by atoms with Gasteiger partial charge in [-0.15, -0.1) is 0 Å². The molecule has 1 aromatic carbocycles. The molecule has 4 nitrogen and oxygen atoms in total. The largest absolute Gasteiger partial charge is 0.339 e. The third-order valence-corrected chi connectivity index (χ3v) is 2.62. The van der Waals surface area contributed by atoms with E-state index in [0.717, 1.165) is 6.54 Å². The first-order valence-corrected chi connectivity index (χ1v) is 6.01. The van der Waals surface area contributed by atoms with Gasteiger partial charge in [-0.2, -0.15) is 4.98 Å². The fraction of sp³-hybridized carbons (Fsp3) is 0.385. The van der Waals surface area contributed by atoms with Gasteiger partial charge in [-0.1, -0.05) is 24.2 Å². The first kappa shape index (κ1) is 12.7. The Kier molecular flexibility index (Phi) is 4.04. The van der Waals surface area contributed by atoms with E-state index in [-0.39, 0.29) is 11.9 Å². The number of hydrogen-bond donors (Lipinski definition) is 1. The molecule has 1 atom stereocenters. The fourth-order valence-corrected chi connectivity index (χ4v) is 1.77. The van der Waals surface area contributed by atoms with Crippen LogP contribution in [0.1, 0.15) is 19.7 Å². The van der Waals surface area contributed by atoms with Crippen molar-refractivity contribution < 1.29 is 8.91 Å². The van der Waals surface area contributed by atoms with Gasteiger partial charge in [0.1, 0.15) is 5.82 Å². The van der Waals surface area contributed by atoms with Gasteiger partial charge in [0.05, 0.1) is 5.56 Å². The molecule has 2 aromatic rings. The maximum absolute atomic E-state index is 13.5. The Bertz CT molecular complexity index is 512. The van der Waals surface area contributed by atoms with E-state index in [1.165, 1.54) is 6.07 Å². The molecule has 0 saturated heterocycles. The Morgan fingerprint density at radius 3 is 2.89 bits per heavy atom. The van der Waals surface area contributed by atoms with Gasteiger partial charge in [-0.25, -0.2) is 4.39 Å². The Hall–Kier alpha value is -1.75. The van der Waals surface area contributed by atoms with Gasteiger partial charge in [-0.05, 0) is 25.6 Å². The molecular formula is C13H16FN3O. The highest BCUT2D eigenvalue weighted by Gasteiger charge is 2.13. The van der Waals surface area contributed by atoms with Crippen LogP contribution < -0.4 is 5.32 Å². The molecule has 2 rings (SSSR count). The van der Waals surface area contributed by atoms with Crippen molar-refractivity contribution in [2.75, 3.05) is 6.54 Å². The summed E-state index contributed by atoms with van der Waals surface area (Å²) in [4.78, 5) is 4.21. The van der Waals surface area contributed by atoms with E-state index in [4.69, 9.17) is 4.52 Å². The van der Waals surface area contributed by atoms with Crippen LogP contribution in [0.3, 0.4) is 0 Å². The molecule has 0 spiro atoms. The summed E-state index contributed by atoms with van der Waals surface area (Å²) in [5.41, 5.74) is 0.364. The summed E-state index contributed by atoms with van der Waals surface area (Å²) in [5.74, 6) is 0.470. The maximum Gasteiger partial charge on any atom is 0.228 e. The Labute approximate surface area is 105 Å². The van der Waals surface area contributed by atoms with Crippen molar-refractivity contribution in [3.05, 3.63) is 36.0 Å². The number of likely N-dealkylation sites (N-methyl/N-ethyl adjacent to an activating group) is 1. The Morgan fingerprint density at radius 1 is 1.39 bits per heavy atom. The molecule has 0 radical (unpaired) electrons. The van der Waals surface area contributed by atoms with E-state index < -0.39 is 0 Å². The second kappa shape index (κ2) is 5.73. The molecule has 1 unspecified atom stereocenters. The van der Waals surface area contributed by atoms with E-state index in [1.54, 1.807) is 18.2 Å². The SMILES string of the molecule is CCNC(C)Cc1nc(-c2ccccc2F)no1. The number of halogens is 1. The molecule has 96 valence electrons. The Morgan fingerprint density at radius 2 is 2.17 bits per heavy atom. The second-order valence-electron chi connectivity index (χ2n) is 4.15. The van der Waals surface area contributed by atoms with E-state index in [2.05, 4.69) is 15.5 Å². The summed E-state index contributed by atoms with van der Waals surface area (Å²) in [6.45, 7) is 4.96. The van der Waals surface area contributed by atoms with Gasteiger partial charge in [0.15, 0.2) is 0 Å². The van der Waals surface area contributed by atoms with Crippen molar-refractivity contribution in [3.8, 4) is 11.4 Å². The number of nitrogens with zero attached hydrogens (tertiary/aromatic N) is 2. The van der Waals surface area contributed by atoms with E-state index in [9.17, 15) is 4.39 Å². The molecule has 1 N–H and O–H groups in total. The van der Waals surface area contributed by atoms with Crippen LogP contribution in [0.2, 0.25) is 0 Å². The van der Waals surface area contributed by atoms with Crippen LogP contribution in [0.4, 0.5) is 4.39 Å². The summed E-state index contributed by atoms with van der Waals surface area (Å²) in [6, 6.07) is 6.65. The smallest absolute Gasteiger partial charge is 0.228 e. The van der Waals surface area contributed by atoms with Gasteiger partial charge >= 0.3 is 0 Å². The number of rotatable bonds is 5. The quantitative estimate of drug-likeness (QED) is 0.884. The zero-order valence-corrected chi connectivity index (χ0v) is 10.5. The van der Waals surface area contributed by atoms with Crippen LogP contribution in [-0.2, 0) is 6.42 Å². The third-order valence-electron chi connectivity index (χ3n) is 2.62. The van der Waals surface area contributed by atoms with Crippen molar-refractivity contribution >= 4 is 0 Å². The van der Waals surface area contributed by atoms with Gasteiger partial charge in [-0.3, -0.25) is 0 Å². The van der Waals surface area contributed by atoms with Gasteiger partial charge < -0.3 is 9.84 Å². The topological polar surface area (TPSA) is 51.0 Å². The van der Waals surface area contributed by atoms with Crippen LogP contribution in [0.5, 0.6) is 0 Å². The van der Waals surface area contributed by atoms with Gasteiger partial charge in [0, 0.05) is 12.5 Å². The molecule has 0 aliphatic carbocycles. The van der Waals surface area contributed by atoms with Crippen molar-refractivity contribution in [2.24, 2.45) is 0 Å². The summed E-state index contributed by atoms with van der Waals surface area (Å²) < 4.78 is 18.7. The lowest BCUT2D eigenvalue weighted by Crippen LogP contribution is -2.27. The zero-order chi connectivity index (χ0) is 13.0. The zero-order valence-electron chi connectivity index (χ0n) is 10.5. The molecule has 0 aliphatic rings. The van der Waals surface area contributed by atoms with E-state index in [0.29, 0.717) is 23.7 Å². The number of nitrogens with one attached hydrogen (secondary N) is 1. The van der Waals surface area contributed by atoms with Crippen LogP contribution in [0.25, 0.3) is 11.4 Å². The first-order valence-electron chi connectivity index (χ1n) is 6.01. The van der Waals surface area contributed by atoms with Crippen molar-refractivity contribution in [2.45, 2.75) is 26.3 Å². The predicted molar refractivity (Wildman–Crippen MR) is 66.5 cm³/mol.